The molecule has 3 aromatic rings. The van der Waals surface area contributed by atoms with Crippen molar-refractivity contribution in [3.8, 4) is 0 Å². The zero-order valence-corrected chi connectivity index (χ0v) is 19.3. The quantitative estimate of drug-likeness (QED) is 0.253. The summed E-state index contributed by atoms with van der Waals surface area (Å²) in [4.78, 5) is 4.74. The predicted molar refractivity (Wildman–Crippen MR) is 126 cm³/mol. The second-order valence-electron chi connectivity index (χ2n) is 6.50. The minimum atomic E-state index is 0. The van der Waals surface area contributed by atoms with E-state index in [1.165, 1.54) is 5.56 Å². The number of nitrogens with one attached hydrogen (secondary N) is 2. The number of hydrogen-bond donors (Lipinski definition) is 2. The van der Waals surface area contributed by atoms with Gasteiger partial charge in [0.2, 0.25) is 0 Å². The Morgan fingerprint density at radius 3 is 2.55 bits per heavy atom. The van der Waals surface area contributed by atoms with E-state index in [1.54, 1.807) is 6.26 Å². The summed E-state index contributed by atoms with van der Waals surface area (Å²) in [6, 6.07) is 14.1. The first-order valence-corrected chi connectivity index (χ1v) is 9.85. The molecule has 29 heavy (non-hydrogen) atoms. The van der Waals surface area contributed by atoms with Gasteiger partial charge in [-0.1, -0.05) is 49.3 Å². The normalized spacial score (nSPS) is 11.2. The molecule has 156 valence electrons. The van der Waals surface area contributed by atoms with Crippen LogP contribution in [0.15, 0.2) is 62.7 Å². The standard InChI is InChI=1S/C22H28N4O2.HI/c1-3-20-19(21(4-2)28-26-20)16-25-22(23-13-12-18-11-8-14-27-18)24-15-17-9-6-5-7-10-17;/h5-11,14H,3-4,12-13,15-16H2,1-2H3,(H2,23,24,25);1H. The molecule has 0 saturated carbocycles. The Morgan fingerprint density at radius 1 is 1.03 bits per heavy atom. The molecule has 2 N–H and O–H groups in total. The SMILES string of the molecule is CCc1noc(CC)c1CNC(=NCc1ccccc1)NCCc1ccco1.I. The molecule has 2 aromatic heterocycles. The van der Waals surface area contributed by atoms with Crippen molar-refractivity contribution in [3.63, 3.8) is 0 Å². The van der Waals surface area contributed by atoms with Gasteiger partial charge in [-0.05, 0) is 24.1 Å². The smallest absolute Gasteiger partial charge is 0.191 e. The molecule has 2 heterocycles. The van der Waals surface area contributed by atoms with Crippen LogP contribution < -0.4 is 10.6 Å². The average Bonchev–Trinajstić information content (AvgIpc) is 3.39. The molecule has 0 aliphatic heterocycles. The van der Waals surface area contributed by atoms with E-state index in [2.05, 4.69) is 41.8 Å². The lowest BCUT2D eigenvalue weighted by atomic mass is 10.1. The highest BCUT2D eigenvalue weighted by atomic mass is 127. The van der Waals surface area contributed by atoms with Crippen LogP contribution in [0.25, 0.3) is 0 Å². The van der Waals surface area contributed by atoms with Crippen LogP contribution in [0.5, 0.6) is 0 Å². The number of aryl methyl sites for hydroxylation is 2. The lowest BCUT2D eigenvalue weighted by Gasteiger charge is -2.13. The molecule has 0 aliphatic carbocycles. The summed E-state index contributed by atoms with van der Waals surface area (Å²) in [5.41, 5.74) is 3.30. The first-order chi connectivity index (χ1) is 13.8. The number of rotatable bonds is 9. The Kier molecular flexibility index (Phi) is 9.76. The summed E-state index contributed by atoms with van der Waals surface area (Å²) in [5.74, 6) is 2.65. The van der Waals surface area contributed by atoms with Gasteiger partial charge >= 0.3 is 0 Å². The zero-order valence-electron chi connectivity index (χ0n) is 17.0. The molecule has 0 radical (unpaired) electrons. The molecule has 7 heteroatoms. The van der Waals surface area contributed by atoms with Crippen LogP contribution in [-0.2, 0) is 32.4 Å². The van der Waals surface area contributed by atoms with Crippen LogP contribution in [0.1, 0.15) is 42.2 Å². The van der Waals surface area contributed by atoms with E-state index in [9.17, 15) is 0 Å². The van der Waals surface area contributed by atoms with Gasteiger partial charge in [0.15, 0.2) is 5.96 Å². The first kappa shape index (κ1) is 23.0. The molecule has 0 fully saturated rings. The van der Waals surface area contributed by atoms with Crippen LogP contribution in [0.3, 0.4) is 0 Å². The molecule has 1 aromatic carbocycles. The van der Waals surface area contributed by atoms with Gasteiger partial charge < -0.3 is 19.6 Å². The molecule has 0 aliphatic rings. The van der Waals surface area contributed by atoms with Gasteiger partial charge in [0.05, 0.1) is 18.5 Å². The Hall–Kier alpha value is -2.29. The van der Waals surface area contributed by atoms with Gasteiger partial charge in [-0.3, -0.25) is 0 Å². The summed E-state index contributed by atoms with van der Waals surface area (Å²) < 4.78 is 10.9. The third kappa shape index (κ3) is 6.92. The second kappa shape index (κ2) is 12.3. The maximum atomic E-state index is 5.46. The molecule has 0 spiro atoms. The van der Waals surface area contributed by atoms with Crippen molar-refractivity contribution in [1.29, 1.82) is 0 Å². The van der Waals surface area contributed by atoms with Crippen molar-refractivity contribution in [1.82, 2.24) is 15.8 Å². The van der Waals surface area contributed by atoms with Gasteiger partial charge in [0.1, 0.15) is 11.5 Å². The number of aliphatic imine (C=N–C) groups is 1. The topological polar surface area (TPSA) is 75.6 Å². The third-order valence-electron chi connectivity index (χ3n) is 4.55. The molecule has 0 atom stereocenters. The fourth-order valence-corrected chi connectivity index (χ4v) is 3.00. The minimum Gasteiger partial charge on any atom is -0.469 e. The van der Waals surface area contributed by atoms with Gasteiger partial charge in [0.25, 0.3) is 0 Å². The largest absolute Gasteiger partial charge is 0.469 e. The number of guanidine groups is 1. The van der Waals surface area contributed by atoms with Gasteiger partial charge in [-0.15, -0.1) is 24.0 Å². The molecule has 3 rings (SSSR count). The summed E-state index contributed by atoms with van der Waals surface area (Å²) in [6.07, 6.45) is 4.17. The van der Waals surface area contributed by atoms with Crippen molar-refractivity contribution in [3.05, 3.63) is 77.1 Å². The van der Waals surface area contributed by atoms with Gasteiger partial charge in [-0.2, -0.15) is 0 Å². The highest BCUT2D eigenvalue weighted by Gasteiger charge is 2.13. The lowest BCUT2D eigenvalue weighted by molar-refractivity contribution is 0.380. The second-order valence-corrected chi connectivity index (χ2v) is 6.50. The van der Waals surface area contributed by atoms with Crippen molar-refractivity contribution in [2.45, 2.75) is 46.2 Å². The van der Waals surface area contributed by atoms with Crippen molar-refractivity contribution < 1.29 is 8.94 Å². The summed E-state index contributed by atoms with van der Waals surface area (Å²) in [6.45, 7) is 6.15. The predicted octanol–water partition coefficient (Wildman–Crippen LogP) is 4.49. The minimum absolute atomic E-state index is 0. The monoisotopic (exact) mass is 508 g/mol. The summed E-state index contributed by atoms with van der Waals surface area (Å²) in [5, 5.41) is 11.0. The average molecular weight is 508 g/mol. The van der Waals surface area contributed by atoms with E-state index in [4.69, 9.17) is 13.9 Å². The molecule has 0 amide bonds. The number of benzene rings is 1. The zero-order chi connectivity index (χ0) is 19.6. The van der Waals surface area contributed by atoms with Gasteiger partial charge in [-0.25, -0.2) is 4.99 Å². The lowest BCUT2D eigenvalue weighted by Crippen LogP contribution is -2.38. The third-order valence-corrected chi connectivity index (χ3v) is 4.55. The maximum absolute atomic E-state index is 5.46. The first-order valence-electron chi connectivity index (χ1n) is 9.85. The number of hydrogen-bond acceptors (Lipinski definition) is 4. The van der Waals surface area contributed by atoms with Crippen LogP contribution in [0.4, 0.5) is 0 Å². The molecule has 0 saturated heterocycles. The molecular weight excluding hydrogens is 479 g/mol. The van der Waals surface area contributed by atoms with Crippen LogP contribution in [0.2, 0.25) is 0 Å². The number of halogens is 1. The van der Waals surface area contributed by atoms with E-state index in [1.807, 2.05) is 30.3 Å². The van der Waals surface area contributed by atoms with Crippen molar-refractivity contribution in [2.75, 3.05) is 6.54 Å². The molecule has 0 unspecified atom stereocenters. The fraction of sp³-hybridized carbons (Fsp3) is 0.364. The van der Waals surface area contributed by atoms with E-state index >= 15 is 0 Å². The van der Waals surface area contributed by atoms with E-state index < -0.39 is 0 Å². The Morgan fingerprint density at radius 2 is 1.86 bits per heavy atom. The Bertz CT molecular complexity index is 839. The fourth-order valence-electron chi connectivity index (χ4n) is 3.00. The van der Waals surface area contributed by atoms with Crippen molar-refractivity contribution >= 4 is 29.9 Å². The summed E-state index contributed by atoms with van der Waals surface area (Å²) >= 11 is 0. The van der Waals surface area contributed by atoms with E-state index in [-0.39, 0.29) is 24.0 Å². The highest BCUT2D eigenvalue weighted by Crippen LogP contribution is 2.15. The number of furan rings is 1. The van der Waals surface area contributed by atoms with E-state index in [0.717, 1.165) is 54.5 Å². The number of aromatic nitrogens is 1. The molecule has 0 bridgehead atoms. The van der Waals surface area contributed by atoms with Crippen molar-refractivity contribution in [2.24, 2.45) is 4.99 Å². The van der Waals surface area contributed by atoms with Crippen LogP contribution >= 0.6 is 24.0 Å². The molecule has 6 nitrogen and oxygen atoms in total. The Labute approximate surface area is 189 Å². The highest BCUT2D eigenvalue weighted by molar-refractivity contribution is 14.0. The molecular formula is C22H29IN4O2. The summed E-state index contributed by atoms with van der Waals surface area (Å²) in [7, 11) is 0. The van der Waals surface area contributed by atoms with Crippen LogP contribution in [-0.4, -0.2) is 17.7 Å². The van der Waals surface area contributed by atoms with Gasteiger partial charge in [0, 0.05) is 31.5 Å². The van der Waals surface area contributed by atoms with E-state index in [0.29, 0.717) is 13.1 Å². The maximum Gasteiger partial charge on any atom is 0.191 e. The van der Waals surface area contributed by atoms with Crippen LogP contribution in [0, 0.1) is 0 Å². The Balaban J connectivity index is 0.00000300. The number of nitrogens with zero attached hydrogens (tertiary/aromatic N) is 2.